The molecule has 1 aromatic carbocycles. The van der Waals surface area contributed by atoms with Crippen molar-refractivity contribution in [2.75, 3.05) is 29.5 Å². The van der Waals surface area contributed by atoms with Crippen molar-refractivity contribution in [3.63, 3.8) is 0 Å². The molecule has 9 nitrogen and oxygen atoms in total. The summed E-state index contributed by atoms with van der Waals surface area (Å²) in [5.41, 5.74) is 0.407. The van der Waals surface area contributed by atoms with Crippen LogP contribution in [-0.2, 0) is 16.4 Å². The molecular formula is C26H38ClF2N5O4S. The van der Waals surface area contributed by atoms with E-state index in [2.05, 4.69) is 20.9 Å². The molecule has 1 aromatic heterocycles. The molecule has 1 aliphatic rings. The van der Waals surface area contributed by atoms with E-state index in [1.807, 2.05) is 13.8 Å². The number of pyridine rings is 1. The molecule has 0 bridgehead atoms. The quantitative estimate of drug-likeness (QED) is 0.317. The maximum Gasteiger partial charge on any atom is 0.251 e. The Morgan fingerprint density at radius 1 is 1.21 bits per heavy atom. The molecule has 2 aromatic rings. The van der Waals surface area contributed by atoms with E-state index < -0.39 is 39.7 Å². The van der Waals surface area contributed by atoms with Crippen molar-refractivity contribution in [3.8, 4) is 0 Å². The van der Waals surface area contributed by atoms with Gasteiger partial charge in [0.05, 0.1) is 18.4 Å². The lowest BCUT2D eigenvalue weighted by atomic mass is 9.91. The number of nitrogens with zero attached hydrogens (tertiary/aromatic N) is 2. The van der Waals surface area contributed by atoms with Crippen LogP contribution in [0.1, 0.15) is 55.5 Å². The van der Waals surface area contributed by atoms with Crippen LogP contribution in [0.15, 0.2) is 30.3 Å². The molecule has 4 atom stereocenters. The van der Waals surface area contributed by atoms with Gasteiger partial charge in [-0.1, -0.05) is 13.3 Å². The number of aliphatic hydroxyl groups is 1. The van der Waals surface area contributed by atoms with Gasteiger partial charge in [-0.15, -0.1) is 12.4 Å². The van der Waals surface area contributed by atoms with Crippen LogP contribution in [0.4, 0.5) is 20.4 Å². The average molecular weight is 590 g/mol. The smallest absolute Gasteiger partial charge is 0.251 e. The second kappa shape index (κ2) is 14.2. The summed E-state index contributed by atoms with van der Waals surface area (Å²) in [5, 5.41) is 20.4. The van der Waals surface area contributed by atoms with Crippen molar-refractivity contribution in [1.29, 1.82) is 0 Å². The van der Waals surface area contributed by atoms with Gasteiger partial charge in [-0.25, -0.2) is 22.2 Å². The number of hydrogen-bond acceptors (Lipinski definition) is 7. The number of hydrogen-bond donors (Lipinski definition) is 4. The Labute approximate surface area is 235 Å². The molecule has 1 fully saturated rings. The van der Waals surface area contributed by atoms with Crippen LogP contribution in [0.5, 0.6) is 0 Å². The fourth-order valence-corrected chi connectivity index (χ4v) is 4.78. The molecule has 0 aliphatic carbocycles. The van der Waals surface area contributed by atoms with Gasteiger partial charge in [0.15, 0.2) is 0 Å². The molecule has 39 heavy (non-hydrogen) atoms. The first kappa shape index (κ1) is 32.7. The normalized spacial score (nSPS) is 17.9. The minimum Gasteiger partial charge on any atom is -0.389 e. The first-order valence-corrected chi connectivity index (χ1v) is 14.6. The molecule has 0 radical (unpaired) electrons. The Balaban J connectivity index is 0.00000533. The summed E-state index contributed by atoms with van der Waals surface area (Å²) in [6.07, 6.45) is 3.30. The van der Waals surface area contributed by atoms with E-state index in [1.54, 1.807) is 0 Å². The van der Waals surface area contributed by atoms with Crippen molar-refractivity contribution in [1.82, 2.24) is 15.6 Å². The fraction of sp³-hybridized carbons (Fsp3) is 0.538. The summed E-state index contributed by atoms with van der Waals surface area (Å²) >= 11 is 0. The zero-order valence-electron chi connectivity index (χ0n) is 22.6. The molecule has 0 spiro atoms. The van der Waals surface area contributed by atoms with Crippen molar-refractivity contribution in [2.24, 2.45) is 0 Å². The molecular weight excluding hydrogens is 552 g/mol. The van der Waals surface area contributed by atoms with E-state index in [0.717, 1.165) is 35.9 Å². The van der Waals surface area contributed by atoms with E-state index in [0.29, 0.717) is 18.8 Å². The number of carbonyl (C=O) groups is 1. The SMILES string of the molecule is CC[C@H](C)Nc1cc(C(=O)NC(Cc2cc(F)cc(F)c2)C(O)[C@H]2CCCCN2)cc(N(C)S(C)(=O)=O)n1.Cl. The van der Waals surface area contributed by atoms with E-state index in [1.165, 1.54) is 31.3 Å². The van der Waals surface area contributed by atoms with Gasteiger partial charge in [-0.3, -0.25) is 9.10 Å². The third-order valence-electron chi connectivity index (χ3n) is 6.77. The highest BCUT2D eigenvalue weighted by atomic mass is 35.5. The highest BCUT2D eigenvalue weighted by molar-refractivity contribution is 7.92. The summed E-state index contributed by atoms with van der Waals surface area (Å²) < 4.78 is 53.1. The van der Waals surface area contributed by atoms with Crippen molar-refractivity contribution < 1.29 is 27.1 Å². The van der Waals surface area contributed by atoms with Crippen LogP contribution < -0.4 is 20.3 Å². The van der Waals surface area contributed by atoms with Gasteiger partial charge in [-0.05, 0) is 69.0 Å². The van der Waals surface area contributed by atoms with Gasteiger partial charge in [0.1, 0.15) is 23.3 Å². The average Bonchev–Trinajstić information content (AvgIpc) is 2.86. The summed E-state index contributed by atoms with van der Waals surface area (Å²) in [6.45, 7) is 4.61. The Hall–Kier alpha value is -2.54. The highest BCUT2D eigenvalue weighted by Gasteiger charge is 2.31. The Morgan fingerprint density at radius 2 is 1.87 bits per heavy atom. The monoisotopic (exact) mass is 589 g/mol. The van der Waals surface area contributed by atoms with Crippen LogP contribution in [0.25, 0.3) is 0 Å². The number of aliphatic hydroxyl groups excluding tert-OH is 1. The minimum atomic E-state index is -3.66. The number of amides is 1. The van der Waals surface area contributed by atoms with Gasteiger partial charge in [0, 0.05) is 30.8 Å². The molecule has 1 aliphatic heterocycles. The number of carbonyl (C=O) groups excluding carboxylic acids is 1. The van der Waals surface area contributed by atoms with Gasteiger partial charge in [0.25, 0.3) is 5.91 Å². The predicted molar refractivity (Wildman–Crippen MR) is 151 cm³/mol. The standard InChI is InChI=1S/C26H37F2N5O4S.ClH/c1-5-16(2)30-23-13-18(14-24(32-23)33(3)38(4,36)37)26(35)31-22(25(34)21-8-6-7-9-29-21)12-17-10-19(27)15-20(28)11-17;/h10-11,13-16,21-22,25,29,34H,5-9,12H2,1-4H3,(H,30,32)(H,31,35);1H/t16-,21+,22?,25?;/m0./s1. The van der Waals surface area contributed by atoms with Crippen molar-refractivity contribution >= 4 is 40.0 Å². The first-order valence-electron chi connectivity index (χ1n) is 12.8. The lowest BCUT2D eigenvalue weighted by Crippen LogP contribution is -2.55. The summed E-state index contributed by atoms with van der Waals surface area (Å²) in [7, 11) is -2.32. The largest absolute Gasteiger partial charge is 0.389 e. The summed E-state index contributed by atoms with van der Waals surface area (Å²) in [5.74, 6) is -1.73. The number of halogens is 3. The zero-order chi connectivity index (χ0) is 28.0. The molecule has 1 saturated heterocycles. The number of sulfonamides is 1. The zero-order valence-corrected chi connectivity index (χ0v) is 24.2. The molecule has 0 saturated carbocycles. The molecule has 13 heteroatoms. The van der Waals surface area contributed by atoms with E-state index >= 15 is 0 Å². The molecule has 2 heterocycles. The van der Waals surface area contributed by atoms with Gasteiger partial charge < -0.3 is 21.1 Å². The third kappa shape index (κ3) is 9.26. The van der Waals surface area contributed by atoms with E-state index in [-0.39, 0.29) is 47.9 Å². The first-order chi connectivity index (χ1) is 17.9. The molecule has 3 rings (SSSR count). The third-order valence-corrected chi connectivity index (χ3v) is 7.95. The van der Waals surface area contributed by atoms with Crippen LogP contribution in [-0.4, -0.2) is 68.5 Å². The van der Waals surface area contributed by atoms with Gasteiger partial charge >= 0.3 is 0 Å². The highest BCUT2D eigenvalue weighted by Crippen LogP contribution is 2.22. The lowest BCUT2D eigenvalue weighted by molar-refractivity contribution is 0.0646. The number of nitrogens with one attached hydrogen (secondary N) is 3. The number of aromatic nitrogens is 1. The van der Waals surface area contributed by atoms with Crippen LogP contribution >= 0.6 is 12.4 Å². The Kier molecular flexibility index (Phi) is 11.9. The van der Waals surface area contributed by atoms with Crippen molar-refractivity contribution in [2.45, 2.75) is 70.2 Å². The summed E-state index contributed by atoms with van der Waals surface area (Å²) in [6, 6.07) is 4.78. The van der Waals surface area contributed by atoms with Gasteiger partial charge in [0.2, 0.25) is 10.0 Å². The summed E-state index contributed by atoms with van der Waals surface area (Å²) in [4.78, 5) is 17.8. The van der Waals surface area contributed by atoms with E-state index in [4.69, 9.17) is 0 Å². The number of benzene rings is 1. The number of rotatable bonds is 11. The molecule has 2 unspecified atom stereocenters. The predicted octanol–water partition coefficient (Wildman–Crippen LogP) is 3.23. The van der Waals surface area contributed by atoms with E-state index in [9.17, 15) is 27.1 Å². The number of piperidine rings is 1. The van der Waals surface area contributed by atoms with Gasteiger partial charge in [-0.2, -0.15) is 0 Å². The second-order valence-electron chi connectivity index (χ2n) is 9.89. The van der Waals surface area contributed by atoms with Crippen molar-refractivity contribution in [3.05, 3.63) is 53.1 Å². The van der Waals surface area contributed by atoms with Crippen LogP contribution in [0, 0.1) is 11.6 Å². The topological polar surface area (TPSA) is 124 Å². The fourth-order valence-electron chi connectivity index (χ4n) is 4.35. The maximum absolute atomic E-state index is 13.9. The van der Waals surface area contributed by atoms with Crippen LogP contribution in [0.2, 0.25) is 0 Å². The Morgan fingerprint density at radius 3 is 2.44 bits per heavy atom. The minimum absolute atomic E-state index is 0. The van der Waals surface area contributed by atoms with Crippen LogP contribution in [0.3, 0.4) is 0 Å². The number of anilines is 2. The second-order valence-corrected chi connectivity index (χ2v) is 11.9. The lowest BCUT2D eigenvalue weighted by Gasteiger charge is -2.34. The molecule has 1 amide bonds. The molecule has 218 valence electrons. The maximum atomic E-state index is 13.9. The molecule has 4 N–H and O–H groups in total. The Bertz CT molecular complexity index is 1210.